The molecule has 18 heavy (non-hydrogen) atoms. The quantitative estimate of drug-likeness (QED) is 0.482. The van der Waals surface area contributed by atoms with Gasteiger partial charge in [0.05, 0.1) is 6.61 Å². The van der Waals surface area contributed by atoms with E-state index in [0.29, 0.717) is 13.0 Å². The van der Waals surface area contributed by atoms with Crippen LogP contribution in [0.1, 0.15) is 26.2 Å². The first kappa shape index (κ1) is 14.4. The highest BCUT2D eigenvalue weighted by molar-refractivity contribution is 6.03. The Morgan fingerprint density at radius 1 is 1.39 bits per heavy atom. The van der Waals surface area contributed by atoms with Crippen molar-refractivity contribution in [3.05, 3.63) is 0 Å². The first-order valence-corrected chi connectivity index (χ1v) is 6.01. The molecule has 0 radical (unpaired) electrons. The van der Waals surface area contributed by atoms with Crippen molar-refractivity contribution in [2.45, 2.75) is 38.3 Å². The van der Waals surface area contributed by atoms with Crippen LogP contribution >= 0.6 is 0 Å². The number of primary amides is 1. The van der Waals surface area contributed by atoms with Crippen molar-refractivity contribution in [1.82, 2.24) is 4.90 Å². The molecule has 0 spiro atoms. The summed E-state index contributed by atoms with van der Waals surface area (Å²) in [4.78, 5) is 36.0. The van der Waals surface area contributed by atoms with Gasteiger partial charge in [0.25, 0.3) is 5.91 Å². The van der Waals surface area contributed by atoms with Crippen molar-refractivity contribution >= 4 is 17.8 Å². The fourth-order valence-electron chi connectivity index (χ4n) is 2.00. The Hall–Kier alpha value is -1.63. The van der Waals surface area contributed by atoms with Gasteiger partial charge in [-0.05, 0) is 26.2 Å². The minimum atomic E-state index is -1.38. The Bertz CT molecular complexity index is 345. The van der Waals surface area contributed by atoms with Crippen molar-refractivity contribution in [2.24, 2.45) is 11.5 Å². The summed E-state index contributed by atoms with van der Waals surface area (Å²) in [6, 6.07) is -2.06. The van der Waals surface area contributed by atoms with E-state index in [1.165, 1.54) is 4.90 Å². The van der Waals surface area contributed by atoms with E-state index in [0.717, 1.165) is 12.8 Å². The van der Waals surface area contributed by atoms with Gasteiger partial charge in [0, 0.05) is 6.54 Å². The molecule has 0 saturated carbocycles. The molecule has 0 aromatic heterocycles. The van der Waals surface area contributed by atoms with Crippen LogP contribution < -0.4 is 11.5 Å². The van der Waals surface area contributed by atoms with Crippen LogP contribution in [-0.4, -0.2) is 47.9 Å². The number of esters is 1. The number of nitrogens with zero attached hydrogens (tertiary/aromatic N) is 1. The first-order valence-electron chi connectivity index (χ1n) is 6.01. The summed E-state index contributed by atoms with van der Waals surface area (Å²) in [5.74, 6) is -1.95. The molecule has 2 atom stereocenters. The molecule has 0 aromatic carbocycles. The Morgan fingerprint density at radius 2 is 2.06 bits per heavy atom. The normalized spacial score (nSPS) is 21.2. The second-order valence-electron chi connectivity index (χ2n) is 4.18. The summed E-state index contributed by atoms with van der Waals surface area (Å²) in [6.45, 7) is 2.17. The summed E-state index contributed by atoms with van der Waals surface area (Å²) in [6.07, 6.45) is 2.10. The molecule has 1 fully saturated rings. The zero-order valence-corrected chi connectivity index (χ0v) is 10.4. The lowest BCUT2D eigenvalue weighted by Gasteiger charge is -2.34. The topological polar surface area (TPSA) is 116 Å². The molecular formula is C11H19N3O4. The van der Waals surface area contributed by atoms with Gasteiger partial charge in [-0.2, -0.15) is 0 Å². The number of hydrogen-bond acceptors (Lipinski definition) is 5. The highest BCUT2D eigenvalue weighted by atomic mass is 16.5. The van der Waals surface area contributed by atoms with Crippen molar-refractivity contribution in [1.29, 1.82) is 0 Å². The highest BCUT2D eigenvalue weighted by Crippen LogP contribution is 2.17. The molecule has 102 valence electrons. The number of hydrogen-bond donors (Lipinski definition) is 2. The molecule has 7 nitrogen and oxygen atoms in total. The van der Waals surface area contributed by atoms with Crippen LogP contribution in [0.5, 0.6) is 0 Å². The number of carbonyl (C=O) groups excluding carboxylic acids is 3. The van der Waals surface area contributed by atoms with E-state index in [9.17, 15) is 14.4 Å². The van der Waals surface area contributed by atoms with Gasteiger partial charge in [-0.3, -0.25) is 9.59 Å². The summed E-state index contributed by atoms with van der Waals surface area (Å²) < 4.78 is 4.68. The number of likely N-dealkylation sites (tertiary alicyclic amines) is 1. The predicted molar refractivity (Wildman–Crippen MR) is 63.2 cm³/mol. The van der Waals surface area contributed by atoms with Gasteiger partial charge < -0.3 is 21.1 Å². The van der Waals surface area contributed by atoms with Gasteiger partial charge in [-0.1, -0.05) is 0 Å². The van der Waals surface area contributed by atoms with E-state index < -0.39 is 29.9 Å². The Morgan fingerprint density at radius 3 is 2.61 bits per heavy atom. The van der Waals surface area contributed by atoms with Crippen LogP contribution in [0.15, 0.2) is 0 Å². The second-order valence-corrected chi connectivity index (χ2v) is 4.18. The Balaban J connectivity index is 2.74. The van der Waals surface area contributed by atoms with E-state index >= 15 is 0 Å². The van der Waals surface area contributed by atoms with Crippen LogP contribution in [0, 0.1) is 0 Å². The SMILES string of the molecule is CCOC(=O)C(N)C(=O)N1CCCCC1C(N)=O. The lowest BCUT2D eigenvalue weighted by atomic mass is 10.0. The Kier molecular flexibility index (Phi) is 5.08. The number of amides is 2. The van der Waals surface area contributed by atoms with Gasteiger partial charge in [-0.15, -0.1) is 0 Å². The van der Waals surface area contributed by atoms with Crippen molar-refractivity contribution in [2.75, 3.05) is 13.2 Å². The third-order valence-corrected chi connectivity index (χ3v) is 2.92. The predicted octanol–water partition coefficient (Wildman–Crippen LogP) is -1.26. The zero-order chi connectivity index (χ0) is 13.7. The third kappa shape index (κ3) is 3.19. The van der Waals surface area contributed by atoms with Gasteiger partial charge in [0.1, 0.15) is 6.04 Å². The number of carbonyl (C=O) groups is 3. The second kappa shape index (κ2) is 6.34. The molecule has 0 bridgehead atoms. The molecule has 1 saturated heterocycles. The average Bonchev–Trinajstić information content (AvgIpc) is 2.37. The number of nitrogens with two attached hydrogens (primary N) is 2. The number of piperidine rings is 1. The highest BCUT2D eigenvalue weighted by Gasteiger charge is 2.36. The molecule has 1 heterocycles. The minimum Gasteiger partial charge on any atom is -0.464 e. The van der Waals surface area contributed by atoms with Gasteiger partial charge in [-0.25, -0.2) is 4.79 Å². The molecule has 2 unspecified atom stereocenters. The van der Waals surface area contributed by atoms with E-state index in [1.54, 1.807) is 6.92 Å². The molecule has 0 aliphatic carbocycles. The standard InChI is InChI=1S/C11H19N3O4/c1-2-18-11(17)8(12)10(16)14-6-4-3-5-7(14)9(13)15/h7-8H,2-6,12H2,1H3,(H2,13,15). The van der Waals surface area contributed by atoms with Gasteiger partial charge in [0.2, 0.25) is 5.91 Å². The lowest BCUT2D eigenvalue weighted by Crippen LogP contribution is -2.57. The smallest absolute Gasteiger partial charge is 0.332 e. The maximum Gasteiger partial charge on any atom is 0.332 e. The van der Waals surface area contributed by atoms with Crippen LogP contribution in [0.2, 0.25) is 0 Å². The minimum absolute atomic E-state index is 0.152. The van der Waals surface area contributed by atoms with Crippen LogP contribution in [0.3, 0.4) is 0 Å². The molecule has 4 N–H and O–H groups in total. The van der Waals surface area contributed by atoms with E-state index in [2.05, 4.69) is 4.74 Å². The fraction of sp³-hybridized carbons (Fsp3) is 0.727. The average molecular weight is 257 g/mol. The molecule has 1 aliphatic rings. The number of rotatable bonds is 4. The molecule has 1 aliphatic heterocycles. The van der Waals surface area contributed by atoms with Gasteiger partial charge in [0.15, 0.2) is 6.04 Å². The van der Waals surface area contributed by atoms with Crippen molar-refractivity contribution < 1.29 is 19.1 Å². The summed E-state index contributed by atoms with van der Waals surface area (Å²) in [7, 11) is 0. The van der Waals surface area contributed by atoms with Crippen molar-refractivity contribution in [3.8, 4) is 0 Å². The number of ether oxygens (including phenoxy) is 1. The van der Waals surface area contributed by atoms with E-state index in [1.807, 2.05) is 0 Å². The molecule has 7 heteroatoms. The van der Waals surface area contributed by atoms with Gasteiger partial charge >= 0.3 is 5.97 Å². The fourth-order valence-corrected chi connectivity index (χ4v) is 2.00. The lowest BCUT2D eigenvalue weighted by molar-refractivity contribution is -0.153. The third-order valence-electron chi connectivity index (χ3n) is 2.92. The van der Waals surface area contributed by atoms with E-state index in [4.69, 9.17) is 11.5 Å². The van der Waals surface area contributed by atoms with Crippen LogP contribution in [0.4, 0.5) is 0 Å². The zero-order valence-electron chi connectivity index (χ0n) is 10.4. The maximum absolute atomic E-state index is 12.0. The van der Waals surface area contributed by atoms with E-state index in [-0.39, 0.29) is 6.61 Å². The Labute approximate surface area is 105 Å². The van der Waals surface area contributed by atoms with Crippen molar-refractivity contribution in [3.63, 3.8) is 0 Å². The summed E-state index contributed by atoms with van der Waals surface area (Å²) >= 11 is 0. The molecule has 0 aromatic rings. The van der Waals surface area contributed by atoms with Crippen LogP contribution in [0.25, 0.3) is 0 Å². The molecule has 1 rings (SSSR count). The monoisotopic (exact) mass is 257 g/mol. The molecule has 2 amide bonds. The largest absolute Gasteiger partial charge is 0.464 e. The summed E-state index contributed by atoms with van der Waals surface area (Å²) in [5.41, 5.74) is 10.8. The molecular weight excluding hydrogens is 238 g/mol. The summed E-state index contributed by atoms with van der Waals surface area (Å²) in [5, 5.41) is 0. The van der Waals surface area contributed by atoms with Crippen LogP contribution in [-0.2, 0) is 19.1 Å². The maximum atomic E-state index is 12.0. The first-order chi connectivity index (χ1) is 8.49.